The standard InChI is InChI=1S/C15H22N4S/c1-3-17(4-2)9-10-18-11-12-19-14-8-6-5-7-13(14)16-15(19)20-18/h5-8H,3-4,9-12H2,1-2H3. The Hall–Kier alpha value is -1.04. The fraction of sp³-hybridized carbons (Fsp3) is 0.533. The Bertz CT molecular complexity index is 576. The Balaban J connectivity index is 1.69. The van der Waals surface area contributed by atoms with Crippen LogP contribution in [0.3, 0.4) is 0 Å². The lowest BCUT2D eigenvalue weighted by Crippen LogP contribution is -2.35. The minimum atomic E-state index is 1.04. The van der Waals surface area contributed by atoms with Crippen LogP contribution in [0.4, 0.5) is 0 Å². The monoisotopic (exact) mass is 290 g/mol. The molecule has 108 valence electrons. The molecule has 0 atom stereocenters. The van der Waals surface area contributed by atoms with Crippen LogP contribution in [0.25, 0.3) is 11.0 Å². The van der Waals surface area contributed by atoms with E-state index in [9.17, 15) is 0 Å². The number of nitrogens with zero attached hydrogens (tertiary/aromatic N) is 4. The summed E-state index contributed by atoms with van der Waals surface area (Å²) in [7, 11) is 0. The molecule has 0 amide bonds. The SMILES string of the molecule is CCN(CC)CCN1CCn2c(nc3ccccc32)S1. The predicted octanol–water partition coefficient (Wildman–Crippen LogP) is 2.70. The van der Waals surface area contributed by atoms with E-state index in [2.05, 4.69) is 51.9 Å². The molecule has 0 radical (unpaired) electrons. The van der Waals surface area contributed by atoms with Gasteiger partial charge in [0, 0.05) is 26.2 Å². The molecule has 20 heavy (non-hydrogen) atoms. The Kier molecular flexibility index (Phi) is 4.29. The van der Waals surface area contributed by atoms with E-state index in [0.29, 0.717) is 0 Å². The quantitative estimate of drug-likeness (QED) is 0.790. The second-order valence-corrected chi connectivity index (χ2v) is 6.15. The summed E-state index contributed by atoms with van der Waals surface area (Å²) in [4.78, 5) is 7.21. The van der Waals surface area contributed by atoms with Crippen molar-refractivity contribution in [3.8, 4) is 0 Å². The van der Waals surface area contributed by atoms with Crippen LogP contribution in [0.15, 0.2) is 29.4 Å². The van der Waals surface area contributed by atoms with Gasteiger partial charge in [-0.15, -0.1) is 0 Å². The van der Waals surface area contributed by atoms with Gasteiger partial charge in [0.2, 0.25) is 0 Å². The number of hydrogen-bond donors (Lipinski definition) is 0. The van der Waals surface area contributed by atoms with Gasteiger partial charge in [-0.05, 0) is 37.2 Å². The van der Waals surface area contributed by atoms with Crippen LogP contribution in [0.2, 0.25) is 0 Å². The third-order valence-electron chi connectivity index (χ3n) is 3.96. The molecule has 4 nitrogen and oxygen atoms in total. The van der Waals surface area contributed by atoms with Gasteiger partial charge in [0.15, 0.2) is 5.16 Å². The van der Waals surface area contributed by atoms with Gasteiger partial charge in [-0.2, -0.15) is 0 Å². The van der Waals surface area contributed by atoms with Crippen LogP contribution in [-0.4, -0.2) is 51.5 Å². The number of aromatic nitrogens is 2. The zero-order chi connectivity index (χ0) is 13.9. The fourth-order valence-electron chi connectivity index (χ4n) is 2.66. The number of rotatable bonds is 5. The molecule has 0 saturated carbocycles. The van der Waals surface area contributed by atoms with Gasteiger partial charge in [0.25, 0.3) is 0 Å². The second kappa shape index (κ2) is 6.16. The van der Waals surface area contributed by atoms with Gasteiger partial charge in [-0.3, -0.25) is 0 Å². The zero-order valence-corrected chi connectivity index (χ0v) is 13.1. The van der Waals surface area contributed by atoms with Crippen molar-refractivity contribution < 1.29 is 0 Å². The first-order valence-corrected chi connectivity index (χ1v) is 8.19. The first-order chi connectivity index (χ1) is 9.81. The lowest BCUT2D eigenvalue weighted by molar-refractivity contribution is 0.271. The third kappa shape index (κ3) is 2.71. The van der Waals surface area contributed by atoms with Crippen LogP contribution < -0.4 is 0 Å². The number of benzene rings is 1. The summed E-state index contributed by atoms with van der Waals surface area (Å²) in [6.07, 6.45) is 0. The normalized spacial score (nSPS) is 15.9. The van der Waals surface area contributed by atoms with Crippen molar-refractivity contribution in [3.63, 3.8) is 0 Å². The predicted molar refractivity (Wildman–Crippen MR) is 85.0 cm³/mol. The zero-order valence-electron chi connectivity index (χ0n) is 12.2. The summed E-state index contributed by atoms with van der Waals surface area (Å²) in [5, 5.41) is 1.14. The van der Waals surface area contributed by atoms with Crippen LogP contribution in [0.5, 0.6) is 0 Å². The molecular formula is C15H22N4S. The summed E-state index contributed by atoms with van der Waals surface area (Å²) >= 11 is 1.80. The Labute approximate surface area is 124 Å². The van der Waals surface area contributed by atoms with Crippen molar-refractivity contribution in [1.29, 1.82) is 0 Å². The lowest BCUT2D eigenvalue weighted by Gasteiger charge is -2.28. The maximum atomic E-state index is 4.74. The molecule has 5 heteroatoms. The number of para-hydroxylation sites is 2. The summed E-state index contributed by atoms with van der Waals surface area (Å²) in [5.41, 5.74) is 2.37. The van der Waals surface area contributed by atoms with Crippen LogP contribution in [0.1, 0.15) is 13.8 Å². The topological polar surface area (TPSA) is 24.3 Å². The van der Waals surface area contributed by atoms with Gasteiger partial charge in [0.05, 0.1) is 11.0 Å². The van der Waals surface area contributed by atoms with Gasteiger partial charge < -0.3 is 9.47 Å². The van der Waals surface area contributed by atoms with Gasteiger partial charge in [0.1, 0.15) is 0 Å². The van der Waals surface area contributed by atoms with E-state index in [1.165, 1.54) is 5.52 Å². The molecule has 1 aromatic heterocycles. The molecular weight excluding hydrogens is 268 g/mol. The highest BCUT2D eigenvalue weighted by molar-refractivity contribution is 7.96. The highest BCUT2D eigenvalue weighted by atomic mass is 32.2. The first-order valence-electron chi connectivity index (χ1n) is 7.42. The molecule has 1 aliphatic rings. The van der Waals surface area contributed by atoms with E-state index >= 15 is 0 Å². The molecule has 0 N–H and O–H groups in total. The van der Waals surface area contributed by atoms with Crippen molar-refractivity contribution in [2.45, 2.75) is 25.5 Å². The molecule has 0 bridgehead atoms. The molecule has 0 spiro atoms. The molecule has 3 rings (SSSR count). The van der Waals surface area contributed by atoms with Crippen LogP contribution in [-0.2, 0) is 6.54 Å². The van der Waals surface area contributed by atoms with Gasteiger partial charge in [-0.1, -0.05) is 26.0 Å². The molecule has 0 fully saturated rings. The van der Waals surface area contributed by atoms with Crippen molar-refractivity contribution in [3.05, 3.63) is 24.3 Å². The largest absolute Gasteiger partial charge is 0.317 e. The summed E-state index contributed by atoms with van der Waals surface area (Å²) in [6.45, 7) is 11.1. The van der Waals surface area contributed by atoms with Gasteiger partial charge >= 0.3 is 0 Å². The van der Waals surface area contributed by atoms with Crippen LogP contribution >= 0.6 is 11.9 Å². The smallest absolute Gasteiger partial charge is 0.184 e. The Morgan fingerprint density at radius 2 is 2.00 bits per heavy atom. The third-order valence-corrected chi connectivity index (χ3v) is 5.06. The minimum absolute atomic E-state index is 1.04. The fourth-order valence-corrected chi connectivity index (χ4v) is 3.67. The average Bonchev–Trinajstić information content (AvgIpc) is 2.86. The van der Waals surface area contributed by atoms with E-state index < -0.39 is 0 Å². The number of imidazole rings is 1. The average molecular weight is 290 g/mol. The van der Waals surface area contributed by atoms with E-state index in [1.807, 2.05) is 0 Å². The second-order valence-electron chi connectivity index (χ2n) is 5.08. The molecule has 2 aromatic rings. The first kappa shape index (κ1) is 13.9. The van der Waals surface area contributed by atoms with Crippen LogP contribution in [0, 0.1) is 0 Å². The molecule has 2 heterocycles. The Morgan fingerprint density at radius 1 is 1.20 bits per heavy atom. The summed E-state index contributed by atoms with van der Waals surface area (Å²) < 4.78 is 4.79. The molecule has 0 aliphatic carbocycles. The van der Waals surface area contributed by atoms with Crippen molar-refractivity contribution in [1.82, 2.24) is 18.8 Å². The van der Waals surface area contributed by atoms with Crippen molar-refractivity contribution in [2.75, 3.05) is 32.7 Å². The number of hydrogen-bond acceptors (Lipinski definition) is 4. The molecule has 1 aliphatic heterocycles. The number of likely N-dealkylation sites (N-methyl/N-ethyl adjacent to an activating group) is 1. The maximum absolute atomic E-state index is 4.74. The maximum Gasteiger partial charge on any atom is 0.184 e. The van der Waals surface area contributed by atoms with E-state index in [0.717, 1.165) is 49.9 Å². The Morgan fingerprint density at radius 3 is 2.80 bits per heavy atom. The highest BCUT2D eigenvalue weighted by Crippen LogP contribution is 2.30. The number of fused-ring (bicyclic) bond motifs is 3. The van der Waals surface area contributed by atoms with Crippen molar-refractivity contribution in [2.24, 2.45) is 0 Å². The lowest BCUT2D eigenvalue weighted by atomic mass is 10.3. The van der Waals surface area contributed by atoms with Gasteiger partial charge in [-0.25, -0.2) is 9.29 Å². The summed E-state index contributed by atoms with van der Waals surface area (Å²) in [6, 6.07) is 8.41. The minimum Gasteiger partial charge on any atom is -0.317 e. The molecule has 0 saturated heterocycles. The molecule has 1 aromatic carbocycles. The summed E-state index contributed by atoms with van der Waals surface area (Å²) in [5.74, 6) is 0. The van der Waals surface area contributed by atoms with E-state index in [-0.39, 0.29) is 0 Å². The van der Waals surface area contributed by atoms with E-state index in [4.69, 9.17) is 4.98 Å². The molecule has 0 unspecified atom stereocenters. The van der Waals surface area contributed by atoms with E-state index in [1.54, 1.807) is 11.9 Å². The van der Waals surface area contributed by atoms with Crippen molar-refractivity contribution >= 4 is 23.0 Å². The highest BCUT2D eigenvalue weighted by Gasteiger charge is 2.20.